The fourth-order valence-corrected chi connectivity index (χ4v) is 4.10. The Kier molecular flexibility index (Phi) is 6.03. The number of hydrogen-bond acceptors (Lipinski definition) is 6. The van der Waals surface area contributed by atoms with Crippen LogP contribution >= 0.6 is 11.3 Å². The molecule has 1 unspecified atom stereocenters. The highest BCUT2D eigenvalue weighted by Crippen LogP contribution is 2.40. The molecular formula is C20H20F2N4O3S. The summed E-state index contributed by atoms with van der Waals surface area (Å²) in [5.74, 6) is -3.30. The molecule has 0 radical (unpaired) electrons. The monoisotopic (exact) mass is 434 g/mol. The Morgan fingerprint density at radius 3 is 2.57 bits per heavy atom. The number of pyridine rings is 1. The summed E-state index contributed by atoms with van der Waals surface area (Å²) in [6.07, 6.45) is 8.77. The second-order valence-electron chi connectivity index (χ2n) is 7.56. The molecule has 1 aliphatic rings. The summed E-state index contributed by atoms with van der Waals surface area (Å²) in [7, 11) is 0. The summed E-state index contributed by atoms with van der Waals surface area (Å²) in [5.41, 5.74) is -0.00174. The maximum atomic E-state index is 13.7. The molecule has 10 heteroatoms. The lowest BCUT2D eigenvalue weighted by molar-refractivity contribution is -0.120. The van der Waals surface area contributed by atoms with Crippen molar-refractivity contribution in [2.75, 3.05) is 11.5 Å². The van der Waals surface area contributed by atoms with Crippen molar-refractivity contribution in [2.45, 2.75) is 39.7 Å². The molecule has 0 aromatic carbocycles. The van der Waals surface area contributed by atoms with Gasteiger partial charge in [0, 0.05) is 23.1 Å². The number of terminal acetylenes is 1. The van der Waals surface area contributed by atoms with Crippen LogP contribution in [0, 0.1) is 36.8 Å². The van der Waals surface area contributed by atoms with Gasteiger partial charge in [0.25, 0.3) is 11.8 Å². The number of rotatable bonds is 6. The van der Waals surface area contributed by atoms with Crippen LogP contribution in [0.3, 0.4) is 0 Å². The molecule has 0 aliphatic heterocycles. The number of thiazole rings is 1. The van der Waals surface area contributed by atoms with Gasteiger partial charge in [0.1, 0.15) is 11.8 Å². The molecule has 3 rings (SSSR count). The minimum Gasteiger partial charge on any atom is -0.437 e. The van der Waals surface area contributed by atoms with Crippen LogP contribution in [0.2, 0.25) is 0 Å². The third kappa shape index (κ3) is 4.41. The number of aryl methyl sites for hydroxylation is 1. The number of nitrogens with zero attached hydrogens (tertiary/aromatic N) is 3. The minimum absolute atomic E-state index is 0.00305. The number of aromatic nitrogens is 2. The molecule has 1 N–H and O–H groups in total. The average Bonchev–Trinajstić information content (AvgIpc) is 3.04. The lowest BCUT2D eigenvalue weighted by atomic mass is 9.67. The van der Waals surface area contributed by atoms with Crippen molar-refractivity contribution in [1.29, 1.82) is 0 Å². The number of hydrogen-bond donors (Lipinski definition) is 1. The first-order valence-corrected chi connectivity index (χ1v) is 9.96. The second-order valence-corrected chi connectivity index (χ2v) is 8.74. The molecular weight excluding hydrogens is 414 g/mol. The minimum atomic E-state index is -1.11. The van der Waals surface area contributed by atoms with Crippen molar-refractivity contribution in [3.8, 4) is 12.5 Å². The van der Waals surface area contributed by atoms with Crippen molar-refractivity contribution in [3.63, 3.8) is 0 Å². The van der Waals surface area contributed by atoms with Crippen molar-refractivity contribution in [1.82, 2.24) is 15.3 Å². The number of nitrogens with one attached hydrogen (secondary N) is 1. The molecule has 1 fully saturated rings. The second kappa shape index (κ2) is 8.36. The Morgan fingerprint density at radius 2 is 2.03 bits per heavy atom. The molecule has 2 heterocycles. The zero-order valence-electron chi connectivity index (χ0n) is 16.7. The van der Waals surface area contributed by atoms with Gasteiger partial charge in [-0.05, 0) is 25.2 Å². The SMILES string of the molecule is C#COCC(=O)N(c1cc(F)nc(F)c1)c1nc(C(=O)NC2CCC2(C)C)c(C)s1. The van der Waals surface area contributed by atoms with E-state index in [2.05, 4.69) is 29.1 Å². The third-order valence-corrected chi connectivity index (χ3v) is 6.01. The fraction of sp³-hybridized carbons (Fsp3) is 0.400. The normalized spacial score (nSPS) is 16.9. The van der Waals surface area contributed by atoms with Crippen LogP contribution < -0.4 is 10.2 Å². The first kappa shape index (κ1) is 21.6. The maximum Gasteiger partial charge on any atom is 0.272 e. The molecule has 2 aromatic heterocycles. The average molecular weight is 434 g/mol. The quantitative estimate of drug-likeness (QED) is 0.557. The number of amides is 2. The van der Waals surface area contributed by atoms with E-state index in [9.17, 15) is 18.4 Å². The number of anilines is 2. The lowest BCUT2D eigenvalue weighted by Gasteiger charge is -2.44. The van der Waals surface area contributed by atoms with Crippen LogP contribution in [0.15, 0.2) is 12.1 Å². The van der Waals surface area contributed by atoms with E-state index in [1.54, 1.807) is 6.92 Å². The van der Waals surface area contributed by atoms with Gasteiger partial charge >= 0.3 is 0 Å². The van der Waals surface area contributed by atoms with Crippen LogP contribution in [0.4, 0.5) is 19.6 Å². The lowest BCUT2D eigenvalue weighted by Crippen LogP contribution is -2.52. The van der Waals surface area contributed by atoms with Crippen LogP contribution in [0.1, 0.15) is 42.1 Å². The first-order valence-electron chi connectivity index (χ1n) is 9.14. The number of ether oxygens (including phenoxy) is 1. The van der Waals surface area contributed by atoms with Gasteiger partial charge in [-0.25, -0.2) is 4.98 Å². The predicted molar refractivity (Wildman–Crippen MR) is 107 cm³/mol. The van der Waals surface area contributed by atoms with Gasteiger partial charge in [-0.3, -0.25) is 14.5 Å². The van der Waals surface area contributed by atoms with Crippen LogP contribution in [0.5, 0.6) is 0 Å². The molecule has 1 aliphatic carbocycles. The highest BCUT2D eigenvalue weighted by molar-refractivity contribution is 7.16. The van der Waals surface area contributed by atoms with Crippen molar-refractivity contribution in [2.24, 2.45) is 5.41 Å². The van der Waals surface area contributed by atoms with Gasteiger partial charge in [0.05, 0.1) is 5.69 Å². The first-order chi connectivity index (χ1) is 14.1. The Morgan fingerprint density at radius 1 is 1.37 bits per heavy atom. The predicted octanol–water partition coefficient (Wildman–Crippen LogP) is 3.32. The van der Waals surface area contributed by atoms with E-state index in [1.165, 1.54) is 0 Å². The van der Waals surface area contributed by atoms with E-state index in [0.717, 1.165) is 41.2 Å². The van der Waals surface area contributed by atoms with E-state index in [1.807, 2.05) is 6.11 Å². The molecule has 7 nitrogen and oxygen atoms in total. The highest BCUT2D eigenvalue weighted by Gasteiger charge is 2.40. The zero-order valence-corrected chi connectivity index (χ0v) is 17.5. The standard InChI is InChI=1S/C20H20F2N4O3S/c1-5-29-10-16(27)26(12-8-14(21)24-15(22)9-12)19-25-17(11(2)30-19)18(28)23-13-6-7-20(13,3)4/h1,8-9,13H,6-7,10H2,2-4H3,(H,23,28). The molecule has 2 aromatic rings. The summed E-state index contributed by atoms with van der Waals surface area (Å²) < 4.78 is 32.0. The number of carbonyl (C=O) groups excluding carboxylic acids is 2. The summed E-state index contributed by atoms with van der Waals surface area (Å²) in [4.78, 5) is 34.2. The zero-order chi connectivity index (χ0) is 22.1. The molecule has 30 heavy (non-hydrogen) atoms. The van der Waals surface area contributed by atoms with E-state index < -0.39 is 24.4 Å². The molecule has 0 spiro atoms. The van der Waals surface area contributed by atoms with Gasteiger partial charge in [-0.1, -0.05) is 20.3 Å². The molecule has 0 bridgehead atoms. The van der Waals surface area contributed by atoms with Crippen molar-refractivity contribution >= 4 is 34.0 Å². The molecule has 2 amide bonds. The van der Waals surface area contributed by atoms with E-state index in [0.29, 0.717) is 4.88 Å². The molecule has 158 valence electrons. The molecule has 1 atom stereocenters. The summed E-state index contributed by atoms with van der Waals surface area (Å²) in [5, 5.41) is 3.01. The molecule has 0 saturated heterocycles. The van der Waals surface area contributed by atoms with Crippen LogP contribution in [-0.4, -0.2) is 34.4 Å². The fourth-order valence-electron chi connectivity index (χ4n) is 3.16. The maximum absolute atomic E-state index is 13.7. The van der Waals surface area contributed by atoms with Gasteiger partial charge in [0.2, 0.25) is 11.9 Å². The van der Waals surface area contributed by atoms with Crippen molar-refractivity contribution in [3.05, 3.63) is 34.6 Å². The van der Waals surface area contributed by atoms with Gasteiger partial charge in [-0.15, -0.1) is 11.3 Å². The Balaban J connectivity index is 1.94. The van der Waals surface area contributed by atoms with Gasteiger partial charge in [0.15, 0.2) is 11.7 Å². The van der Waals surface area contributed by atoms with E-state index >= 15 is 0 Å². The summed E-state index contributed by atoms with van der Waals surface area (Å²) in [6.45, 7) is 5.27. The summed E-state index contributed by atoms with van der Waals surface area (Å²) in [6, 6.07) is 1.79. The Hall–Kier alpha value is -3.06. The van der Waals surface area contributed by atoms with Crippen LogP contribution in [-0.2, 0) is 9.53 Å². The Bertz CT molecular complexity index is 1010. The van der Waals surface area contributed by atoms with E-state index in [-0.39, 0.29) is 33.9 Å². The number of carbonyl (C=O) groups is 2. The smallest absolute Gasteiger partial charge is 0.272 e. The molecule has 1 saturated carbocycles. The Labute approximate surface area is 176 Å². The topological polar surface area (TPSA) is 84.4 Å². The van der Waals surface area contributed by atoms with Gasteiger partial charge in [-0.2, -0.15) is 13.8 Å². The van der Waals surface area contributed by atoms with Crippen LogP contribution in [0.25, 0.3) is 0 Å². The van der Waals surface area contributed by atoms with Crippen molar-refractivity contribution < 1.29 is 23.1 Å². The third-order valence-electron chi connectivity index (χ3n) is 5.05. The van der Waals surface area contributed by atoms with Gasteiger partial charge < -0.3 is 10.1 Å². The highest BCUT2D eigenvalue weighted by atomic mass is 32.1. The summed E-state index contributed by atoms with van der Waals surface area (Å²) >= 11 is 1.03. The number of halogens is 2. The largest absolute Gasteiger partial charge is 0.437 e. The van der Waals surface area contributed by atoms with E-state index in [4.69, 9.17) is 11.2 Å².